The molecule has 0 amide bonds. The maximum Gasteiger partial charge on any atom is 0.340 e. The highest BCUT2D eigenvalue weighted by atomic mass is 35.5. The number of esters is 1. The molecule has 0 unspecified atom stereocenters. The van der Waals surface area contributed by atoms with Gasteiger partial charge >= 0.3 is 5.97 Å². The highest BCUT2D eigenvalue weighted by molar-refractivity contribution is 6.36. The lowest BCUT2D eigenvalue weighted by Crippen LogP contribution is -2.07. The Hall–Kier alpha value is -1.78. The quantitative estimate of drug-likeness (QED) is 0.686. The largest absolute Gasteiger partial charge is 0.457 e. The zero-order valence-electron chi connectivity index (χ0n) is 10.2. The molecule has 0 aliphatic heterocycles. The van der Waals surface area contributed by atoms with Gasteiger partial charge in [-0.25, -0.2) is 9.18 Å². The number of anilines is 1. The fourth-order valence-corrected chi connectivity index (χ4v) is 1.98. The van der Waals surface area contributed by atoms with E-state index in [9.17, 15) is 9.18 Å². The second-order valence-electron chi connectivity index (χ2n) is 4.02. The van der Waals surface area contributed by atoms with E-state index in [2.05, 4.69) is 0 Å². The summed E-state index contributed by atoms with van der Waals surface area (Å²) in [5.74, 6) is -1.18. The van der Waals surface area contributed by atoms with Crippen LogP contribution >= 0.6 is 23.2 Å². The summed E-state index contributed by atoms with van der Waals surface area (Å²) in [4.78, 5) is 11.9. The molecular weight excluding hydrogens is 304 g/mol. The van der Waals surface area contributed by atoms with Gasteiger partial charge in [-0.15, -0.1) is 0 Å². The maximum absolute atomic E-state index is 13.5. The van der Waals surface area contributed by atoms with Gasteiger partial charge in [-0.2, -0.15) is 0 Å². The van der Waals surface area contributed by atoms with Crippen molar-refractivity contribution in [3.63, 3.8) is 0 Å². The van der Waals surface area contributed by atoms with Crippen LogP contribution in [0.4, 0.5) is 10.1 Å². The first-order valence-corrected chi connectivity index (χ1v) is 6.39. The standard InChI is InChI=1S/C14H10Cl2FNO2/c15-9-4-5-11(17)8(6-9)7-20-14(19)10-2-1-3-12(18)13(10)16/h1-6H,7,18H2. The molecule has 0 bridgehead atoms. The van der Waals surface area contributed by atoms with E-state index in [0.717, 1.165) is 0 Å². The van der Waals surface area contributed by atoms with E-state index in [1.165, 1.54) is 24.3 Å². The van der Waals surface area contributed by atoms with Crippen LogP contribution in [0.1, 0.15) is 15.9 Å². The predicted molar refractivity (Wildman–Crippen MR) is 76.4 cm³/mol. The molecule has 0 aliphatic carbocycles. The highest BCUT2D eigenvalue weighted by Gasteiger charge is 2.14. The average molecular weight is 314 g/mol. The maximum atomic E-state index is 13.5. The first-order chi connectivity index (χ1) is 9.49. The summed E-state index contributed by atoms with van der Waals surface area (Å²) in [6.07, 6.45) is 0. The lowest BCUT2D eigenvalue weighted by Gasteiger charge is -2.08. The van der Waals surface area contributed by atoms with Crippen molar-refractivity contribution in [1.82, 2.24) is 0 Å². The van der Waals surface area contributed by atoms with Crippen LogP contribution in [0.3, 0.4) is 0 Å². The highest BCUT2D eigenvalue weighted by Crippen LogP contribution is 2.24. The van der Waals surface area contributed by atoms with Crippen molar-refractivity contribution in [1.29, 1.82) is 0 Å². The summed E-state index contributed by atoms with van der Waals surface area (Å²) in [6, 6.07) is 8.64. The van der Waals surface area contributed by atoms with Gasteiger partial charge in [0.15, 0.2) is 0 Å². The number of benzene rings is 2. The number of carbonyl (C=O) groups excluding carboxylic acids is 1. The third-order valence-corrected chi connectivity index (χ3v) is 3.27. The Morgan fingerprint density at radius 2 is 2.00 bits per heavy atom. The van der Waals surface area contributed by atoms with E-state index < -0.39 is 11.8 Å². The Balaban J connectivity index is 2.13. The molecule has 2 N–H and O–H groups in total. The molecule has 6 heteroatoms. The summed E-state index contributed by atoms with van der Waals surface area (Å²) in [6.45, 7) is -0.240. The molecule has 0 saturated heterocycles. The molecule has 2 rings (SSSR count). The lowest BCUT2D eigenvalue weighted by atomic mass is 10.2. The Bertz CT molecular complexity index is 662. The second-order valence-corrected chi connectivity index (χ2v) is 4.84. The van der Waals surface area contributed by atoms with Crippen molar-refractivity contribution in [2.45, 2.75) is 6.61 Å². The normalized spacial score (nSPS) is 10.3. The van der Waals surface area contributed by atoms with Gasteiger partial charge in [0.1, 0.15) is 12.4 Å². The minimum atomic E-state index is -0.679. The van der Waals surface area contributed by atoms with Crippen LogP contribution < -0.4 is 5.73 Å². The summed E-state index contributed by atoms with van der Waals surface area (Å²) in [5.41, 5.74) is 6.19. The number of ether oxygens (including phenoxy) is 1. The van der Waals surface area contributed by atoms with Crippen LogP contribution in [0.15, 0.2) is 36.4 Å². The Morgan fingerprint density at radius 3 is 2.75 bits per heavy atom. The zero-order valence-corrected chi connectivity index (χ0v) is 11.7. The van der Waals surface area contributed by atoms with Gasteiger partial charge in [0.25, 0.3) is 0 Å². The molecule has 104 valence electrons. The summed E-state index contributed by atoms with van der Waals surface area (Å²) >= 11 is 11.7. The molecule has 2 aromatic rings. The first kappa shape index (κ1) is 14.6. The van der Waals surface area contributed by atoms with Crippen LogP contribution in [0.5, 0.6) is 0 Å². The monoisotopic (exact) mass is 313 g/mol. The summed E-state index contributed by atoms with van der Waals surface area (Å²) < 4.78 is 18.5. The fourth-order valence-electron chi connectivity index (χ4n) is 1.58. The van der Waals surface area contributed by atoms with Gasteiger partial charge in [0.05, 0.1) is 16.3 Å². The van der Waals surface area contributed by atoms with Crippen LogP contribution in [-0.4, -0.2) is 5.97 Å². The summed E-state index contributed by atoms with van der Waals surface area (Å²) in [7, 11) is 0. The zero-order chi connectivity index (χ0) is 14.7. The van der Waals surface area contributed by atoms with Crippen molar-refractivity contribution in [3.8, 4) is 0 Å². The van der Waals surface area contributed by atoms with E-state index in [4.69, 9.17) is 33.7 Å². The molecule has 0 aromatic heterocycles. The van der Waals surface area contributed by atoms with Crippen molar-refractivity contribution in [3.05, 3.63) is 63.4 Å². The fraction of sp³-hybridized carbons (Fsp3) is 0.0714. The van der Waals surface area contributed by atoms with E-state index in [1.54, 1.807) is 12.1 Å². The Labute approximate surface area is 125 Å². The number of halogens is 3. The van der Waals surface area contributed by atoms with E-state index in [-0.39, 0.29) is 28.4 Å². The minimum absolute atomic E-state index is 0.115. The minimum Gasteiger partial charge on any atom is -0.457 e. The van der Waals surface area contributed by atoms with Crippen LogP contribution in [0, 0.1) is 5.82 Å². The predicted octanol–water partition coefficient (Wildman–Crippen LogP) is 4.07. The third-order valence-electron chi connectivity index (χ3n) is 2.62. The van der Waals surface area contributed by atoms with Crippen LogP contribution in [0.2, 0.25) is 10.0 Å². The van der Waals surface area contributed by atoms with Gasteiger partial charge in [0, 0.05) is 10.6 Å². The number of nitrogens with two attached hydrogens (primary N) is 1. The average Bonchev–Trinajstić information content (AvgIpc) is 2.42. The van der Waals surface area contributed by atoms with E-state index in [0.29, 0.717) is 5.02 Å². The molecule has 0 radical (unpaired) electrons. The third kappa shape index (κ3) is 3.21. The SMILES string of the molecule is Nc1cccc(C(=O)OCc2cc(Cl)ccc2F)c1Cl. The van der Waals surface area contributed by atoms with Gasteiger partial charge in [-0.1, -0.05) is 29.3 Å². The van der Waals surface area contributed by atoms with Gasteiger partial charge in [0.2, 0.25) is 0 Å². The topological polar surface area (TPSA) is 52.3 Å². The first-order valence-electron chi connectivity index (χ1n) is 5.64. The number of hydrogen-bond donors (Lipinski definition) is 1. The molecular formula is C14H10Cl2FNO2. The van der Waals surface area contributed by atoms with Gasteiger partial charge < -0.3 is 10.5 Å². The Kier molecular flexibility index (Phi) is 4.47. The van der Waals surface area contributed by atoms with Crippen molar-refractivity contribution in [2.24, 2.45) is 0 Å². The smallest absolute Gasteiger partial charge is 0.340 e. The van der Waals surface area contributed by atoms with Gasteiger partial charge in [-0.05, 0) is 30.3 Å². The molecule has 20 heavy (non-hydrogen) atoms. The van der Waals surface area contributed by atoms with Crippen LogP contribution in [-0.2, 0) is 11.3 Å². The Morgan fingerprint density at radius 1 is 1.25 bits per heavy atom. The molecule has 2 aromatic carbocycles. The van der Waals surface area contributed by atoms with E-state index >= 15 is 0 Å². The molecule has 0 aliphatic rings. The number of rotatable bonds is 3. The molecule has 0 atom stereocenters. The molecule has 0 saturated carbocycles. The molecule has 0 spiro atoms. The van der Waals surface area contributed by atoms with E-state index in [1.807, 2.05) is 0 Å². The summed E-state index contributed by atoms with van der Waals surface area (Å²) in [5, 5.41) is 0.475. The molecule has 3 nitrogen and oxygen atoms in total. The number of carbonyl (C=O) groups is 1. The lowest BCUT2D eigenvalue weighted by molar-refractivity contribution is 0.0469. The molecule has 0 heterocycles. The van der Waals surface area contributed by atoms with Crippen LogP contribution in [0.25, 0.3) is 0 Å². The molecule has 0 fully saturated rings. The van der Waals surface area contributed by atoms with Crippen molar-refractivity contribution >= 4 is 34.9 Å². The number of nitrogen functional groups attached to an aromatic ring is 1. The van der Waals surface area contributed by atoms with Gasteiger partial charge in [-0.3, -0.25) is 0 Å². The number of hydrogen-bond acceptors (Lipinski definition) is 3. The van der Waals surface area contributed by atoms with Crippen molar-refractivity contribution < 1.29 is 13.9 Å². The second kappa shape index (κ2) is 6.11. The van der Waals surface area contributed by atoms with Crippen molar-refractivity contribution in [2.75, 3.05) is 5.73 Å².